The summed E-state index contributed by atoms with van der Waals surface area (Å²) in [6.45, 7) is 9.15. The van der Waals surface area contributed by atoms with Crippen LogP contribution in [0.1, 0.15) is 40.5 Å². The Balaban J connectivity index is 2.65. The van der Waals surface area contributed by atoms with Crippen molar-refractivity contribution in [3.8, 4) is 0 Å². The Bertz CT molecular complexity index is 565. The molecule has 2 aromatic rings. The third kappa shape index (κ3) is 3.80. The predicted molar refractivity (Wildman–Crippen MR) is 104 cm³/mol. The molecule has 2 aromatic carbocycles. The minimum absolute atomic E-state index is 0.0153. The first-order valence-corrected chi connectivity index (χ1v) is 10.8. The van der Waals surface area contributed by atoms with Gasteiger partial charge in [0.2, 0.25) is 0 Å². The van der Waals surface area contributed by atoms with E-state index in [9.17, 15) is 5.11 Å². The van der Waals surface area contributed by atoms with E-state index < -0.39 is 8.32 Å². The quantitative estimate of drug-likeness (QED) is 0.777. The summed E-state index contributed by atoms with van der Waals surface area (Å²) in [5.41, 5.74) is 0. The summed E-state index contributed by atoms with van der Waals surface area (Å²) < 4.78 is 6.94. The Morgan fingerprint density at radius 2 is 1.38 bits per heavy atom. The Kier molecular flexibility index (Phi) is 6.38. The summed E-state index contributed by atoms with van der Waals surface area (Å²) >= 11 is 0. The van der Waals surface area contributed by atoms with Gasteiger partial charge in [0.1, 0.15) is 0 Å². The maximum absolute atomic E-state index is 9.44. The monoisotopic (exact) mass is 342 g/mol. The number of aliphatic hydroxyl groups is 1. The number of aliphatic hydroxyl groups excluding tert-OH is 1. The highest BCUT2D eigenvalue weighted by Gasteiger charge is 2.51. The number of hydrogen-bond donors (Lipinski definition) is 1. The zero-order chi connectivity index (χ0) is 17.6. The minimum atomic E-state index is -2.48. The van der Waals surface area contributed by atoms with E-state index in [1.807, 2.05) is 0 Å². The summed E-state index contributed by atoms with van der Waals surface area (Å²) in [5, 5.41) is 12.0. The van der Waals surface area contributed by atoms with Gasteiger partial charge in [0.25, 0.3) is 8.32 Å². The molecule has 0 bridgehead atoms. The summed E-state index contributed by atoms with van der Waals surface area (Å²) in [6, 6.07) is 21.3. The van der Waals surface area contributed by atoms with Gasteiger partial charge in [-0.05, 0) is 28.3 Å². The maximum atomic E-state index is 9.44. The summed E-state index contributed by atoms with van der Waals surface area (Å²) in [4.78, 5) is 0. The SMILES string of the molecule is CCC(CCO)O[Si](c1ccccc1)(c1ccccc1)C(C)(C)C. The van der Waals surface area contributed by atoms with Gasteiger partial charge in [0.05, 0.1) is 0 Å². The van der Waals surface area contributed by atoms with E-state index in [4.69, 9.17) is 4.43 Å². The minimum Gasteiger partial charge on any atom is -0.404 e. The van der Waals surface area contributed by atoms with Gasteiger partial charge in [0, 0.05) is 12.7 Å². The van der Waals surface area contributed by atoms with E-state index in [0.29, 0.717) is 6.42 Å². The first kappa shape index (κ1) is 18.9. The maximum Gasteiger partial charge on any atom is 0.261 e. The molecule has 0 radical (unpaired) electrons. The van der Waals surface area contributed by atoms with Crippen molar-refractivity contribution in [2.75, 3.05) is 6.61 Å². The van der Waals surface area contributed by atoms with Gasteiger partial charge in [-0.2, -0.15) is 0 Å². The predicted octanol–water partition coefficient (Wildman–Crippen LogP) is 3.72. The molecule has 0 aromatic heterocycles. The largest absolute Gasteiger partial charge is 0.404 e. The van der Waals surface area contributed by atoms with Crippen molar-refractivity contribution < 1.29 is 9.53 Å². The van der Waals surface area contributed by atoms with Crippen molar-refractivity contribution in [2.45, 2.75) is 51.7 Å². The fourth-order valence-electron chi connectivity index (χ4n) is 3.43. The van der Waals surface area contributed by atoms with Gasteiger partial charge in [-0.15, -0.1) is 0 Å². The van der Waals surface area contributed by atoms with Crippen LogP contribution in [0.3, 0.4) is 0 Å². The van der Waals surface area contributed by atoms with Crippen LogP contribution in [0.15, 0.2) is 60.7 Å². The van der Waals surface area contributed by atoms with Crippen LogP contribution in [-0.4, -0.2) is 26.1 Å². The first-order chi connectivity index (χ1) is 11.5. The van der Waals surface area contributed by atoms with Gasteiger partial charge in [-0.1, -0.05) is 88.4 Å². The van der Waals surface area contributed by atoms with Crippen LogP contribution in [0.2, 0.25) is 5.04 Å². The molecule has 0 saturated carbocycles. The second-order valence-corrected chi connectivity index (χ2v) is 11.6. The lowest BCUT2D eigenvalue weighted by Gasteiger charge is -2.45. The molecule has 0 amide bonds. The van der Waals surface area contributed by atoms with Crippen molar-refractivity contribution >= 4 is 18.7 Å². The standard InChI is InChI=1S/C21H30O2Si/c1-5-18(16-17-22)23-24(21(2,3)4,19-12-8-6-9-13-19)20-14-10-7-11-15-20/h6-15,18,22H,5,16-17H2,1-4H3. The highest BCUT2D eigenvalue weighted by atomic mass is 28.4. The number of hydrogen-bond acceptors (Lipinski definition) is 2. The first-order valence-electron chi connectivity index (χ1n) is 8.85. The summed E-state index contributed by atoms with van der Waals surface area (Å²) in [7, 11) is -2.48. The van der Waals surface area contributed by atoms with Crippen molar-refractivity contribution in [1.82, 2.24) is 0 Å². The van der Waals surface area contributed by atoms with E-state index in [2.05, 4.69) is 88.4 Å². The van der Waals surface area contributed by atoms with Crippen LogP contribution in [0, 0.1) is 0 Å². The molecular formula is C21H30O2Si. The Labute approximate surface area is 147 Å². The summed E-state index contributed by atoms with van der Waals surface area (Å²) in [6.07, 6.45) is 1.66. The van der Waals surface area contributed by atoms with E-state index in [-0.39, 0.29) is 17.7 Å². The third-order valence-corrected chi connectivity index (χ3v) is 9.76. The molecule has 1 unspecified atom stereocenters. The van der Waals surface area contributed by atoms with Crippen LogP contribution in [0.4, 0.5) is 0 Å². The highest BCUT2D eigenvalue weighted by molar-refractivity contribution is 6.99. The number of benzene rings is 2. The van der Waals surface area contributed by atoms with E-state index in [0.717, 1.165) is 6.42 Å². The average Bonchev–Trinajstić information content (AvgIpc) is 2.59. The van der Waals surface area contributed by atoms with Crippen molar-refractivity contribution in [3.63, 3.8) is 0 Å². The van der Waals surface area contributed by atoms with Gasteiger partial charge < -0.3 is 9.53 Å². The molecule has 0 heterocycles. The molecule has 24 heavy (non-hydrogen) atoms. The molecule has 3 heteroatoms. The zero-order valence-corrected chi connectivity index (χ0v) is 16.3. The molecule has 0 fully saturated rings. The summed E-state index contributed by atoms with van der Waals surface area (Å²) in [5.74, 6) is 0. The molecule has 0 aliphatic rings. The van der Waals surface area contributed by atoms with Crippen LogP contribution < -0.4 is 10.4 Å². The zero-order valence-electron chi connectivity index (χ0n) is 15.3. The van der Waals surface area contributed by atoms with E-state index >= 15 is 0 Å². The van der Waals surface area contributed by atoms with Gasteiger partial charge in [-0.3, -0.25) is 0 Å². The van der Waals surface area contributed by atoms with Gasteiger partial charge in [0.15, 0.2) is 0 Å². The second-order valence-electron chi connectivity index (χ2n) is 7.32. The highest BCUT2D eigenvalue weighted by Crippen LogP contribution is 2.38. The van der Waals surface area contributed by atoms with Gasteiger partial charge >= 0.3 is 0 Å². The van der Waals surface area contributed by atoms with Crippen molar-refractivity contribution in [2.24, 2.45) is 0 Å². The third-order valence-electron chi connectivity index (χ3n) is 4.67. The van der Waals surface area contributed by atoms with Crippen molar-refractivity contribution in [3.05, 3.63) is 60.7 Å². The fourth-order valence-corrected chi connectivity index (χ4v) is 8.23. The molecule has 0 saturated heterocycles. The topological polar surface area (TPSA) is 29.5 Å². The van der Waals surface area contributed by atoms with E-state index in [1.54, 1.807) is 0 Å². The Hall–Kier alpha value is -1.42. The average molecular weight is 343 g/mol. The van der Waals surface area contributed by atoms with Crippen LogP contribution >= 0.6 is 0 Å². The molecule has 1 atom stereocenters. The molecule has 1 N–H and O–H groups in total. The van der Waals surface area contributed by atoms with Crippen LogP contribution in [0.25, 0.3) is 0 Å². The lowest BCUT2D eigenvalue weighted by Crippen LogP contribution is -2.67. The lowest BCUT2D eigenvalue weighted by atomic mass is 10.2. The molecule has 2 rings (SSSR count). The molecule has 0 aliphatic carbocycles. The van der Waals surface area contributed by atoms with Crippen molar-refractivity contribution in [1.29, 1.82) is 0 Å². The lowest BCUT2D eigenvalue weighted by molar-refractivity contribution is 0.141. The van der Waals surface area contributed by atoms with Crippen LogP contribution in [0.5, 0.6) is 0 Å². The van der Waals surface area contributed by atoms with Crippen LogP contribution in [-0.2, 0) is 4.43 Å². The second kappa shape index (κ2) is 8.10. The fraction of sp³-hybridized carbons (Fsp3) is 0.429. The normalized spacial score (nSPS) is 13.7. The van der Waals surface area contributed by atoms with Gasteiger partial charge in [-0.25, -0.2) is 0 Å². The molecule has 0 aliphatic heterocycles. The molecule has 130 valence electrons. The molecule has 0 spiro atoms. The number of rotatable bonds is 7. The molecular weight excluding hydrogens is 312 g/mol. The Morgan fingerprint density at radius 1 is 0.917 bits per heavy atom. The Morgan fingerprint density at radius 3 is 1.71 bits per heavy atom. The van der Waals surface area contributed by atoms with E-state index in [1.165, 1.54) is 10.4 Å². The smallest absolute Gasteiger partial charge is 0.261 e. The molecule has 2 nitrogen and oxygen atoms in total.